The molecule has 0 amide bonds. The number of rotatable bonds is 6. The average Bonchev–Trinajstić information content (AvgIpc) is 2.93. The molecule has 0 bridgehead atoms. The van der Waals surface area contributed by atoms with Gasteiger partial charge in [-0.05, 0) is 36.2 Å². The third kappa shape index (κ3) is 3.49. The molecule has 24 heavy (non-hydrogen) atoms. The number of imidazole rings is 1. The molecule has 1 aromatic heterocycles. The van der Waals surface area contributed by atoms with Crippen LogP contribution in [0.5, 0.6) is 11.5 Å². The highest BCUT2D eigenvalue weighted by Crippen LogP contribution is 2.28. The lowest BCUT2D eigenvalue weighted by Crippen LogP contribution is -2.05. The Kier molecular flexibility index (Phi) is 6.10. The molecule has 0 aliphatic heterocycles. The fourth-order valence-electron chi connectivity index (χ4n) is 2.88. The van der Waals surface area contributed by atoms with E-state index in [1.165, 1.54) is 11.1 Å². The first-order valence-corrected chi connectivity index (χ1v) is 7.91. The van der Waals surface area contributed by atoms with E-state index < -0.39 is 0 Å². The van der Waals surface area contributed by atoms with E-state index in [4.69, 9.17) is 14.5 Å². The van der Waals surface area contributed by atoms with E-state index in [0.717, 1.165) is 42.2 Å². The van der Waals surface area contributed by atoms with E-state index in [-0.39, 0.29) is 12.4 Å². The Bertz CT molecular complexity index is 814. The molecule has 1 heterocycles. The molecule has 5 heteroatoms. The molecule has 0 fully saturated rings. The molecule has 0 atom stereocenters. The van der Waals surface area contributed by atoms with Crippen molar-refractivity contribution in [1.29, 1.82) is 0 Å². The lowest BCUT2D eigenvalue weighted by Gasteiger charge is -2.12. The molecule has 0 unspecified atom stereocenters. The lowest BCUT2D eigenvalue weighted by molar-refractivity contribution is 0.354. The van der Waals surface area contributed by atoms with Crippen LogP contribution >= 0.6 is 12.4 Å². The summed E-state index contributed by atoms with van der Waals surface area (Å²) in [6, 6.07) is 14.3. The molecule has 0 spiro atoms. The molecule has 0 aliphatic rings. The predicted octanol–water partition coefficient (Wildman–Crippen LogP) is 4.48. The first-order valence-electron chi connectivity index (χ1n) is 7.91. The summed E-state index contributed by atoms with van der Waals surface area (Å²) in [7, 11) is 3.32. The van der Waals surface area contributed by atoms with Crippen LogP contribution in [0.1, 0.15) is 24.7 Å². The van der Waals surface area contributed by atoms with Crippen LogP contribution in [0.15, 0.2) is 42.5 Å². The second kappa shape index (κ2) is 8.06. The van der Waals surface area contributed by atoms with Gasteiger partial charge in [-0.1, -0.05) is 25.1 Å². The van der Waals surface area contributed by atoms with Crippen molar-refractivity contribution in [2.45, 2.75) is 26.3 Å². The number of benzene rings is 2. The number of para-hydroxylation sites is 2. The minimum atomic E-state index is 0. The number of hydrogen-bond donors (Lipinski definition) is 0. The zero-order valence-electron chi connectivity index (χ0n) is 14.3. The van der Waals surface area contributed by atoms with Crippen LogP contribution in [-0.2, 0) is 13.0 Å². The van der Waals surface area contributed by atoms with Crippen molar-refractivity contribution in [2.24, 2.45) is 0 Å². The minimum absolute atomic E-state index is 0. The first-order chi connectivity index (χ1) is 11.3. The minimum Gasteiger partial charge on any atom is -0.493 e. The van der Waals surface area contributed by atoms with Gasteiger partial charge < -0.3 is 14.0 Å². The van der Waals surface area contributed by atoms with Crippen molar-refractivity contribution in [3.63, 3.8) is 0 Å². The van der Waals surface area contributed by atoms with Crippen LogP contribution in [0, 0.1) is 0 Å². The third-order valence-electron chi connectivity index (χ3n) is 4.00. The van der Waals surface area contributed by atoms with Crippen LogP contribution < -0.4 is 9.47 Å². The van der Waals surface area contributed by atoms with Crippen molar-refractivity contribution < 1.29 is 9.47 Å². The van der Waals surface area contributed by atoms with Gasteiger partial charge in [0.05, 0.1) is 25.3 Å². The smallest absolute Gasteiger partial charge is 0.161 e. The maximum absolute atomic E-state index is 5.41. The number of hydrogen-bond acceptors (Lipinski definition) is 3. The standard InChI is InChI=1S/C19H22N2O2.ClH/c1-4-7-19-20-15-8-5-6-9-16(15)21(19)13-14-10-11-17(22-2)18(12-14)23-3;/h5-6,8-12H,4,7,13H2,1-3H3;1H. The number of aryl methyl sites for hydroxylation is 1. The second-order valence-electron chi connectivity index (χ2n) is 5.54. The number of methoxy groups -OCH3 is 2. The van der Waals surface area contributed by atoms with Crippen molar-refractivity contribution in [1.82, 2.24) is 9.55 Å². The third-order valence-corrected chi connectivity index (χ3v) is 4.00. The van der Waals surface area contributed by atoms with Crippen molar-refractivity contribution in [3.8, 4) is 11.5 Å². The predicted molar refractivity (Wildman–Crippen MR) is 99.6 cm³/mol. The van der Waals surface area contributed by atoms with Crippen molar-refractivity contribution >= 4 is 23.4 Å². The highest BCUT2D eigenvalue weighted by Gasteiger charge is 2.11. The maximum Gasteiger partial charge on any atom is 0.161 e. The molecule has 4 nitrogen and oxygen atoms in total. The zero-order valence-corrected chi connectivity index (χ0v) is 15.1. The summed E-state index contributed by atoms with van der Waals surface area (Å²) in [5, 5.41) is 0. The summed E-state index contributed by atoms with van der Waals surface area (Å²) in [5.74, 6) is 2.63. The summed E-state index contributed by atoms with van der Waals surface area (Å²) in [6.07, 6.45) is 2.05. The van der Waals surface area contributed by atoms with Crippen molar-refractivity contribution in [3.05, 3.63) is 53.9 Å². The molecule has 0 aliphatic carbocycles. The van der Waals surface area contributed by atoms with Crippen LogP contribution in [-0.4, -0.2) is 23.8 Å². The number of aromatic nitrogens is 2. The summed E-state index contributed by atoms with van der Waals surface area (Å²) in [6.45, 7) is 2.95. The first kappa shape index (κ1) is 18.1. The Labute approximate surface area is 148 Å². The van der Waals surface area contributed by atoms with Crippen molar-refractivity contribution in [2.75, 3.05) is 14.2 Å². The van der Waals surface area contributed by atoms with Gasteiger partial charge in [0.25, 0.3) is 0 Å². The molecule has 2 aromatic carbocycles. The second-order valence-corrected chi connectivity index (χ2v) is 5.54. The molecule has 3 aromatic rings. The van der Waals surface area contributed by atoms with Gasteiger partial charge in [-0.15, -0.1) is 12.4 Å². The molecule has 3 rings (SSSR count). The van der Waals surface area contributed by atoms with Gasteiger partial charge in [0.1, 0.15) is 5.82 Å². The zero-order chi connectivity index (χ0) is 16.2. The molecule has 0 saturated carbocycles. The summed E-state index contributed by atoms with van der Waals surface area (Å²) in [4.78, 5) is 4.78. The number of ether oxygens (including phenoxy) is 2. The molecular weight excluding hydrogens is 324 g/mol. The Hall–Kier alpha value is -2.20. The van der Waals surface area contributed by atoms with E-state index in [9.17, 15) is 0 Å². The highest BCUT2D eigenvalue weighted by atomic mass is 35.5. The largest absolute Gasteiger partial charge is 0.493 e. The van der Waals surface area contributed by atoms with E-state index >= 15 is 0 Å². The van der Waals surface area contributed by atoms with Crippen LogP contribution in [0.25, 0.3) is 11.0 Å². The highest BCUT2D eigenvalue weighted by molar-refractivity contribution is 5.85. The topological polar surface area (TPSA) is 36.3 Å². The number of nitrogens with zero attached hydrogens (tertiary/aromatic N) is 2. The van der Waals surface area contributed by atoms with E-state index in [1.807, 2.05) is 18.2 Å². The van der Waals surface area contributed by atoms with Gasteiger partial charge in [-0.3, -0.25) is 0 Å². The van der Waals surface area contributed by atoms with Gasteiger partial charge in [0.2, 0.25) is 0 Å². The SMILES string of the molecule is CCCc1nc2ccccc2n1Cc1ccc(OC)c(OC)c1.Cl. The van der Waals surface area contributed by atoms with Gasteiger partial charge in [-0.25, -0.2) is 4.98 Å². The molecule has 0 radical (unpaired) electrons. The molecule has 0 saturated heterocycles. The monoisotopic (exact) mass is 346 g/mol. The van der Waals surface area contributed by atoms with Crippen LogP contribution in [0.2, 0.25) is 0 Å². The fourth-order valence-corrected chi connectivity index (χ4v) is 2.88. The maximum atomic E-state index is 5.41. The number of fused-ring (bicyclic) bond motifs is 1. The van der Waals surface area contributed by atoms with Gasteiger partial charge >= 0.3 is 0 Å². The quantitative estimate of drug-likeness (QED) is 0.660. The van der Waals surface area contributed by atoms with Gasteiger partial charge in [-0.2, -0.15) is 0 Å². The fraction of sp³-hybridized carbons (Fsp3) is 0.316. The van der Waals surface area contributed by atoms with Gasteiger partial charge in [0, 0.05) is 13.0 Å². The molecule has 0 N–H and O–H groups in total. The van der Waals surface area contributed by atoms with Crippen LogP contribution in [0.4, 0.5) is 0 Å². The Balaban J connectivity index is 0.00000208. The Morgan fingerprint density at radius 1 is 1.00 bits per heavy atom. The lowest BCUT2D eigenvalue weighted by atomic mass is 10.2. The van der Waals surface area contributed by atoms with Gasteiger partial charge in [0.15, 0.2) is 11.5 Å². The van der Waals surface area contributed by atoms with E-state index in [0.29, 0.717) is 0 Å². The molecular formula is C19H23ClN2O2. The van der Waals surface area contributed by atoms with E-state index in [2.05, 4.69) is 35.8 Å². The normalized spacial score (nSPS) is 10.5. The summed E-state index contributed by atoms with van der Waals surface area (Å²) >= 11 is 0. The van der Waals surface area contributed by atoms with E-state index in [1.54, 1.807) is 14.2 Å². The Morgan fingerprint density at radius 2 is 1.75 bits per heavy atom. The molecule has 128 valence electrons. The Morgan fingerprint density at radius 3 is 2.46 bits per heavy atom. The summed E-state index contributed by atoms with van der Waals surface area (Å²) < 4.78 is 13.0. The average molecular weight is 347 g/mol. The number of halogens is 1. The van der Waals surface area contributed by atoms with Crippen LogP contribution in [0.3, 0.4) is 0 Å². The summed E-state index contributed by atoms with van der Waals surface area (Å²) in [5.41, 5.74) is 3.39.